The molecule has 1 heterocycles. The third-order valence-corrected chi connectivity index (χ3v) is 7.27. The monoisotopic (exact) mass is 344 g/mol. The predicted molar refractivity (Wildman–Crippen MR) is 103 cm³/mol. The summed E-state index contributed by atoms with van der Waals surface area (Å²) in [7, 11) is 0. The van der Waals surface area contributed by atoms with E-state index in [0.717, 1.165) is 40.2 Å². The molecule has 3 nitrogen and oxygen atoms in total. The highest BCUT2D eigenvalue weighted by Gasteiger charge is 2.52. The molecule has 0 radical (unpaired) electrons. The molecule has 4 fully saturated rings. The van der Waals surface area contributed by atoms with Gasteiger partial charge in [0.15, 0.2) is 0 Å². The lowest BCUT2D eigenvalue weighted by atomic mass is 9.48. The molecule has 26 heavy (non-hydrogen) atoms. The van der Waals surface area contributed by atoms with Crippen LogP contribution in [0, 0.1) is 17.8 Å². The molecule has 0 spiro atoms. The van der Waals surface area contributed by atoms with Gasteiger partial charge >= 0.3 is 0 Å². The third-order valence-electron chi connectivity index (χ3n) is 7.27. The molecule has 0 unspecified atom stereocenters. The molecule has 7 rings (SSSR count). The lowest BCUT2D eigenvalue weighted by Gasteiger charge is -2.57. The number of aromatic nitrogens is 2. The van der Waals surface area contributed by atoms with Crippen LogP contribution in [-0.2, 0) is 5.41 Å². The van der Waals surface area contributed by atoms with Crippen LogP contribution in [0.25, 0.3) is 22.4 Å². The Morgan fingerprint density at radius 1 is 0.923 bits per heavy atom. The van der Waals surface area contributed by atoms with E-state index in [9.17, 15) is 5.11 Å². The summed E-state index contributed by atoms with van der Waals surface area (Å²) in [6, 6.07) is 14.3. The summed E-state index contributed by atoms with van der Waals surface area (Å²) < 4.78 is 0. The van der Waals surface area contributed by atoms with Gasteiger partial charge in [-0.2, -0.15) is 0 Å². The van der Waals surface area contributed by atoms with E-state index in [4.69, 9.17) is 4.98 Å². The van der Waals surface area contributed by atoms with Crippen molar-refractivity contribution < 1.29 is 5.11 Å². The minimum Gasteiger partial charge on any atom is -0.508 e. The van der Waals surface area contributed by atoms with Crippen LogP contribution in [0.5, 0.6) is 5.75 Å². The van der Waals surface area contributed by atoms with Gasteiger partial charge in [-0.25, -0.2) is 4.98 Å². The fourth-order valence-electron chi connectivity index (χ4n) is 6.64. The fraction of sp³-hybridized carbons (Fsp3) is 0.435. The zero-order valence-electron chi connectivity index (χ0n) is 14.9. The number of hydrogen-bond donors (Lipinski definition) is 2. The maximum atomic E-state index is 10.8. The highest BCUT2D eigenvalue weighted by Crippen LogP contribution is 2.62. The van der Waals surface area contributed by atoms with Crippen molar-refractivity contribution in [2.24, 2.45) is 17.8 Å². The Balaban J connectivity index is 1.46. The van der Waals surface area contributed by atoms with Gasteiger partial charge in [-0.1, -0.05) is 12.1 Å². The van der Waals surface area contributed by atoms with Crippen molar-refractivity contribution in [3.63, 3.8) is 0 Å². The number of phenols is 1. The summed E-state index contributed by atoms with van der Waals surface area (Å²) in [6.07, 6.45) is 8.04. The molecule has 1 aromatic heterocycles. The zero-order chi connectivity index (χ0) is 17.3. The Bertz CT molecular complexity index is 934. The van der Waals surface area contributed by atoms with E-state index >= 15 is 0 Å². The summed E-state index contributed by atoms with van der Waals surface area (Å²) in [4.78, 5) is 8.20. The lowest BCUT2D eigenvalue weighted by molar-refractivity contribution is -0.00611. The van der Waals surface area contributed by atoms with Crippen LogP contribution in [-0.4, -0.2) is 15.1 Å². The van der Waals surface area contributed by atoms with Gasteiger partial charge in [0.2, 0.25) is 0 Å². The van der Waals surface area contributed by atoms with Crippen LogP contribution in [0.1, 0.15) is 44.1 Å². The zero-order valence-corrected chi connectivity index (χ0v) is 14.9. The average molecular weight is 344 g/mol. The standard InChI is InChI=1S/C23H24N2O/c26-21-6-5-17(22-24-19-3-1-2-4-20(19)25-22)10-18(21)23-11-14-7-15(12-23)9-16(8-14)13-23/h1-6,10,14-16,26H,7-9,11-13H2,(H,24,25). The minimum absolute atomic E-state index is 0.195. The normalized spacial score (nSPS) is 32.4. The Kier molecular flexibility index (Phi) is 2.92. The molecule has 0 saturated heterocycles. The highest BCUT2D eigenvalue weighted by molar-refractivity contribution is 5.79. The summed E-state index contributed by atoms with van der Waals surface area (Å²) in [5, 5.41) is 10.8. The van der Waals surface area contributed by atoms with E-state index in [1.54, 1.807) is 0 Å². The quantitative estimate of drug-likeness (QED) is 0.653. The lowest BCUT2D eigenvalue weighted by Crippen LogP contribution is -2.48. The smallest absolute Gasteiger partial charge is 0.138 e. The van der Waals surface area contributed by atoms with E-state index in [2.05, 4.69) is 17.1 Å². The number of para-hydroxylation sites is 2. The molecule has 132 valence electrons. The molecule has 4 aliphatic carbocycles. The number of imidazole rings is 1. The molecule has 0 amide bonds. The highest BCUT2D eigenvalue weighted by atomic mass is 16.3. The topological polar surface area (TPSA) is 48.9 Å². The molecule has 3 heteroatoms. The van der Waals surface area contributed by atoms with Crippen molar-refractivity contribution in [3.8, 4) is 17.1 Å². The van der Waals surface area contributed by atoms with Crippen LogP contribution < -0.4 is 0 Å². The van der Waals surface area contributed by atoms with Crippen LogP contribution >= 0.6 is 0 Å². The Hall–Kier alpha value is -2.29. The molecule has 2 N–H and O–H groups in total. The van der Waals surface area contributed by atoms with Gasteiger partial charge in [-0.3, -0.25) is 0 Å². The van der Waals surface area contributed by atoms with E-state index < -0.39 is 0 Å². The number of nitrogens with one attached hydrogen (secondary N) is 1. The van der Waals surface area contributed by atoms with Gasteiger partial charge in [0.25, 0.3) is 0 Å². The molecular formula is C23H24N2O. The predicted octanol–water partition coefficient (Wildman–Crippen LogP) is 5.40. The maximum Gasteiger partial charge on any atom is 0.138 e. The number of aromatic amines is 1. The first-order chi connectivity index (χ1) is 12.7. The number of benzene rings is 2. The second kappa shape index (κ2) is 5.12. The summed E-state index contributed by atoms with van der Waals surface area (Å²) in [6.45, 7) is 0. The van der Waals surface area contributed by atoms with Gasteiger partial charge < -0.3 is 10.1 Å². The van der Waals surface area contributed by atoms with Gasteiger partial charge in [-0.05, 0) is 92.0 Å². The Morgan fingerprint density at radius 3 is 2.31 bits per heavy atom. The van der Waals surface area contributed by atoms with Crippen molar-refractivity contribution >= 4 is 11.0 Å². The van der Waals surface area contributed by atoms with Gasteiger partial charge in [-0.15, -0.1) is 0 Å². The number of H-pyrrole nitrogens is 1. The molecule has 2 aromatic carbocycles. The second-order valence-electron chi connectivity index (χ2n) is 9.03. The Labute approximate surface area is 153 Å². The van der Waals surface area contributed by atoms with E-state index in [0.29, 0.717) is 5.75 Å². The molecular weight excluding hydrogens is 320 g/mol. The number of nitrogens with zero attached hydrogens (tertiary/aromatic N) is 1. The number of fused-ring (bicyclic) bond motifs is 1. The fourth-order valence-corrected chi connectivity index (χ4v) is 6.64. The summed E-state index contributed by atoms with van der Waals surface area (Å²) in [5.74, 6) is 3.99. The van der Waals surface area contributed by atoms with Crippen LogP contribution in [0.4, 0.5) is 0 Å². The first-order valence-corrected chi connectivity index (χ1v) is 9.97. The minimum atomic E-state index is 0.195. The molecule has 4 bridgehead atoms. The molecule has 4 aliphatic rings. The van der Waals surface area contributed by atoms with Crippen molar-refractivity contribution in [2.45, 2.75) is 43.9 Å². The molecule has 4 saturated carbocycles. The van der Waals surface area contributed by atoms with Gasteiger partial charge in [0.1, 0.15) is 11.6 Å². The first kappa shape index (κ1) is 14.8. The molecule has 0 aliphatic heterocycles. The maximum absolute atomic E-state index is 10.8. The van der Waals surface area contributed by atoms with Crippen LogP contribution in [0.2, 0.25) is 0 Å². The summed E-state index contributed by atoms with van der Waals surface area (Å²) in [5.41, 5.74) is 4.51. The SMILES string of the molecule is Oc1ccc(-c2nc3ccccc3[nH]2)cc1C12CC3CC(CC(C3)C1)C2. The third kappa shape index (κ3) is 2.09. The Morgan fingerprint density at radius 2 is 1.62 bits per heavy atom. The van der Waals surface area contributed by atoms with Crippen molar-refractivity contribution in [2.75, 3.05) is 0 Å². The van der Waals surface area contributed by atoms with Crippen LogP contribution in [0.15, 0.2) is 42.5 Å². The van der Waals surface area contributed by atoms with E-state index in [-0.39, 0.29) is 5.41 Å². The van der Waals surface area contributed by atoms with Gasteiger partial charge in [0.05, 0.1) is 11.0 Å². The van der Waals surface area contributed by atoms with Crippen molar-refractivity contribution in [3.05, 3.63) is 48.0 Å². The average Bonchev–Trinajstić information content (AvgIpc) is 3.05. The molecule has 0 atom stereocenters. The first-order valence-electron chi connectivity index (χ1n) is 9.97. The number of aromatic hydroxyl groups is 1. The number of phenolic OH excluding ortho intramolecular Hbond substituents is 1. The second-order valence-corrected chi connectivity index (χ2v) is 9.03. The van der Waals surface area contributed by atoms with Gasteiger partial charge in [0, 0.05) is 11.1 Å². The van der Waals surface area contributed by atoms with Crippen molar-refractivity contribution in [1.29, 1.82) is 0 Å². The molecule has 3 aromatic rings. The van der Waals surface area contributed by atoms with Crippen molar-refractivity contribution in [1.82, 2.24) is 9.97 Å². The van der Waals surface area contributed by atoms with Crippen LogP contribution in [0.3, 0.4) is 0 Å². The van der Waals surface area contributed by atoms with E-state index in [1.165, 1.54) is 44.1 Å². The summed E-state index contributed by atoms with van der Waals surface area (Å²) >= 11 is 0. The van der Waals surface area contributed by atoms with E-state index in [1.807, 2.05) is 30.3 Å². The number of hydrogen-bond acceptors (Lipinski definition) is 2. The largest absolute Gasteiger partial charge is 0.508 e. The number of rotatable bonds is 2.